The van der Waals surface area contributed by atoms with Gasteiger partial charge in [0.05, 0.1) is 0 Å². The highest BCUT2D eigenvalue weighted by Crippen LogP contribution is 2.33. The van der Waals surface area contributed by atoms with Crippen LogP contribution in [0.3, 0.4) is 0 Å². The standard InChI is InChI=1S/C25H27NO2/c1-19(20-7-5-4-6-8-20)25(21-9-13-23(27)14-10-21)22-11-15-24(16-12-22)28-18-17-26(2)3/h4-16,27H,17-18H2,1-3H3. The summed E-state index contributed by atoms with van der Waals surface area (Å²) in [5.41, 5.74) is 5.70. The average molecular weight is 373 g/mol. The first-order chi connectivity index (χ1) is 13.5. The fourth-order valence-electron chi connectivity index (χ4n) is 3.12. The number of hydrogen-bond acceptors (Lipinski definition) is 3. The molecule has 0 heterocycles. The van der Waals surface area contributed by atoms with Crippen LogP contribution in [-0.4, -0.2) is 37.3 Å². The number of phenols is 1. The Kier molecular flexibility index (Phi) is 6.51. The van der Waals surface area contributed by atoms with Crippen molar-refractivity contribution in [3.05, 3.63) is 95.6 Å². The molecule has 0 fully saturated rings. The lowest BCUT2D eigenvalue weighted by Gasteiger charge is -2.15. The molecule has 3 rings (SSSR count). The minimum Gasteiger partial charge on any atom is -0.508 e. The summed E-state index contributed by atoms with van der Waals surface area (Å²) in [6.45, 7) is 3.68. The molecule has 3 heteroatoms. The van der Waals surface area contributed by atoms with E-state index >= 15 is 0 Å². The maximum absolute atomic E-state index is 9.69. The number of ether oxygens (including phenoxy) is 1. The van der Waals surface area contributed by atoms with Gasteiger partial charge in [0.2, 0.25) is 0 Å². The van der Waals surface area contributed by atoms with Crippen molar-refractivity contribution < 1.29 is 9.84 Å². The zero-order chi connectivity index (χ0) is 19.9. The van der Waals surface area contributed by atoms with Gasteiger partial charge in [-0.1, -0.05) is 54.6 Å². The van der Waals surface area contributed by atoms with Crippen molar-refractivity contribution in [3.8, 4) is 11.5 Å². The zero-order valence-electron chi connectivity index (χ0n) is 16.7. The molecule has 3 aromatic rings. The summed E-state index contributed by atoms with van der Waals surface area (Å²) >= 11 is 0. The first-order valence-corrected chi connectivity index (χ1v) is 9.48. The molecule has 1 N–H and O–H groups in total. The molecule has 0 bridgehead atoms. The van der Waals surface area contributed by atoms with Crippen LogP contribution in [-0.2, 0) is 0 Å². The predicted molar refractivity (Wildman–Crippen MR) is 117 cm³/mol. The van der Waals surface area contributed by atoms with E-state index in [4.69, 9.17) is 4.74 Å². The molecule has 0 aliphatic heterocycles. The lowest BCUT2D eigenvalue weighted by Crippen LogP contribution is -2.19. The van der Waals surface area contributed by atoms with Gasteiger partial charge in [0.25, 0.3) is 0 Å². The lowest BCUT2D eigenvalue weighted by molar-refractivity contribution is 0.261. The van der Waals surface area contributed by atoms with E-state index in [-0.39, 0.29) is 5.75 Å². The highest BCUT2D eigenvalue weighted by atomic mass is 16.5. The highest BCUT2D eigenvalue weighted by molar-refractivity contribution is 5.97. The molecular formula is C25H27NO2. The number of rotatable bonds is 7. The minimum absolute atomic E-state index is 0.269. The summed E-state index contributed by atoms with van der Waals surface area (Å²) in [6, 6.07) is 26.0. The molecule has 0 amide bonds. The molecule has 0 aromatic heterocycles. The lowest BCUT2D eigenvalue weighted by atomic mass is 9.90. The normalized spacial score (nSPS) is 12.0. The van der Waals surface area contributed by atoms with Crippen molar-refractivity contribution in [2.45, 2.75) is 6.92 Å². The zero-order valence-corrected chi connectivity index (χ0v) is 16.7. The van der Waals surface area contributed by atoms with E-state index in [1.807, 2.05) is 44.4 Å². The molecule has 0 unspecified atom stereocenters. The smallest absolute Gasteiger partial charge is 0.119 e. The van der Waals surface area contributed by atoms with E-state index in [0.717, 1.165) is 29.0 Å². The van der Waals surface area contributed by atoms with Crippen LogP contribution in [0.15, 0.2) is 78.9 Å². The second-order valence-electron chi connectivity index (χ2n) is 7.09. The van der Waals surface area contributed by atoms with Crippen LogP contribution in [0.25, 0.3) is 11.1 Å². The van der Waals surface area contributed by atoms with Crippen LogP contribution >= 0.6 is 0 Å². The van der Waals surface area contributed by atoms with Gasteiger partial charge in [-0.3, -0.25) is 0 Å². The summed E-state index contributed by atoms with van der Waals surface area (Å²) in [5, 5.41) is 9.69. The van der Waals surface area contributed by atoms with Gasteiger partial charge in [-0.15, -0.1) is 0 Å². The third-order valence-electron chi connectivity index (χ3n) is 4.69. The Morgan fingerprint density at radius 2 is 1.36 bits per heavy atom. The predicted octanol–water partition coefficient (Wildman–Crippen LogP) is 5.31. The van der Waals surface area contributed by atoms with Gasteiger partial charge in [-0.2, -0.15) is 0 Å². The number of benzene rings is 3. The molecule has 0 radical (unpaired) electrons. The van der Waals surface area contributed by atoms with Crippen molar-refractivity contribution >= 4 is 11.1 Å². The fourth-order valence-corrected chi connectivity index (χ4v) is 3.12. The number of allylic oxidation sites excluding steroid dienone is 1. The van der Waals surface area contributed by atoms with Gasteiger partial charge in [0.1, 0.15) is 18.1 Å². The average Bonchev–Trinajstić information content (AvgIpc) is 2.71. The number of aromatic hydroxyl groups is 1. The third kappa shape index (κ3) is 5.02. The maximum atomic E-state index is 9.69. The molecule has 0 aliphatic carbocycles. The molecule has 3 aromatic carbocycles. The van der Waals surface area contributed by atoms with Gasteiger partial charge in [0, 0.05) is 6.54 Å². The summed E-state index contributed by atoms with van der Waals surface area (Å²) in [6.07, 6.45) is 0. The monoisotopic (exact) mass is 373 g/mol. The largest absolute Gasteiger partial charge is 0.508 e. The first-order valence-electron chi connectivity index (χ1n) is 9.48. The Balaban J connectivity index is 1.97. The number of nitrogens with zero attached hydrogens (tertiary/aromatic N) is 1. The molecule has 144 valence electrons. The van der Waals surface area contributed by atoms with Gasteiger partial charge >= 0.3 is 0 Å². The molecule has 3 nitrogen and oxygen atoms in total. The molecule has 0 spiro atoms. The summed E-state index contributed by atoms with van der Waals surface area (Å²) < 4.78 is 5.83. The van der Waals surface area contributed by atoms with Crippen LogP contribution in [0.4, 0.5) is 0 Å². The molecule has 0 saturated heterocycles. The van der Waals surface area contributed by atoms with E-state index in [9.17, 15) is 5.11 Å². The SMILES string of the molecule is CC(=C(c1ccc(O)cc1)c1ccc(OCCN(C)C)cc1)c1ccccc1. The van der Waals surface area contributed by atoms with E-state index in [1.54, 1.807) is 12.1 Å². The van der Waals surface area contributed by atoms with Crippen molar-refractivity contribution in [2.24, 2.45) is 0 Å². The first kappa shape index (κ1) is 19.7. The van der Waals surface area contributed by atoms with Gasteiger partial charge in [-0.25, -0.2) is 0 Å². The van der Waals surface area contributed by atoms with Crippen LogP contribution < -0.4 is 4.74 Å². The van der Waals surface area contributed by atoms with Crippen molar-refractivity contribution in [2.75, 3.05) is 27.2 Å². The topological polar surface area (TPSA) is 32.7 Å². The second-order valence-corrected chi connectivity index (χ2v) is 7.09. The van der Waals surface area contributed by atoms with E-state index in [1.165, 1.54) is 11.1 Å². The van der Waals surface area contributed by atoms with Crippen LogP contribution in [0.2, 0.25) is 0 Å². The molecule has 28 heavy (non-hydrogen) atoms. The van der Waals surface area contributed by atoms with E-state index in [2.05, 4.69) is 48.2 Å². The molecule has 0 aliphatic rings. The quantitative estimate of drug-likeness (QED) is 0.570. The van der Waals surface area contributed by atoms with Crippen LogP contribution in [0.1, 0.15) is 23.6 Å². The molecule has 0 atom stereocenters. The maximum Gasteiger partial charge on any atom is 0.119 e. The van der Waals surface area contributed by atoms with Gasteiger partial charge < -0.3 is 14.7 Å². The Hall–Kier alpha value is -3.04. The second kappa shape index (κ2) is 9.25. The Morgan fingerprint density at radius 1 is 0.786 bits per heavy atom. The Bertz CT molecular complexity index is 911. The number of likely N-dealkylation sites (N-methyl/N-ethyl adjacent to an activating group) is 1. The van der Waals surface area contributed by atoms with Crippen molar-refractivity contribution in [1.82, 2.24) is 4.90 Å². The number of hydrogen-bond donors (Lipinski definition) is 1. The van der Waals surface area contributed by atoms with Gasteiger partial charge in [-0.05, 0) is 73.1 Å². The molecular weight excluding hydrogens is 346 g/mol. The number of phenolic OH excluding ortho intramolecular Hbond substituents is 1. The summed E-state index contributed by atoms with van der Waals surface area (Å²) in [4.78, 5) is 2.10. The minimum atomic E-state index is 0.269. The van der Waals surface area contributed by atoms with Crippen molar-refractivity contribution in [3.63, 3.8) is 0 Å². The highest BCUT2D eigenvalue weighted by Gasteiger charge is 2.11. The summed E-state index contributed by atoms with van der Waals surface area (Å²) in [7, 11) is 4.07. The van der Waals surface area contributed by atoms with Crippen LogP contribution in [0, 0.1) is 0 Å². The van der Waals surface area contributed by atoms with Gasteiger partial charge in [0.15, 0.2) is 0 Å². The van der Waals surface area contributed by atoms with E-state index < -0.39 is 0 Å². The Labute approximate surface area is 167 Å². The summed E-state index contributed by atoms with van der Waals surface area (Å²) in [5.74, 6) is 1.14. The Morgan fingerprint density at radius 3 is 1.93 bits per heavy atom. The molecule has 0 saturated carbocycles. The fraction of sp³-hybridized carbons (Fsp3) is 0.200. The third-order valence-corrected chi connectivity index (χ3v) is 4.69. The van der Waals surface area contributed by atoms with Crippen LogP contribution in [0.5, 0.6) is 11.5 Å². The van der Waals surface area contributed by atoms with Crippen molar-refractivity contribution in [1.29, 1.82) is 0 Å². The van der Waals surface area contributed by atoms with E-state index in [0.29, 0.717) is 6.61 Å².